The molecule has 19 heavy (non-hydrogen) atoms. The Bertz CT molecular complexity index is 276. The van der Waals surface area contributed by atoms with Crippen molar-refractivity contribution in [2.75, 3.05) is 39.3 Å². The minimum Gasteiger partial charge on any atom is -0.354 e. The van der Waals surface area contributed by atoms with E-state index in [4.69, 9.17) is 0 Å². The van der Waals surface area contributed by atoms with Gasteiger partial charge in [0.2, 0.25) is 5.91 Å². The molecular weight excluding hydrogens is 238 g/mol. The summed E-state index contributed by atoms with van der Waals surface area (Å²) in [7, 11) is 0. The van der Waals surface area contributed by atoms with Crippen LogP contribution < -0.4 is 10.6 Å². The Kier molecular flexibility index (Phi) is 5.64. The molecule has 1 amide bonds. The van der Waals surface area contributed by atoms with Gasteiger partial charge in [0.05, 0.1) is 5.41 Å². The van der Waals surface area contributed by atoms with Gasteiger partial charge < -0.3 is 15.5 Å². The third-order valence-corrected chi connectivity index (χ3v) is 4.68. The molecule has 2 fully saturated rings. The van der Waals surface area contributed by atoms with Crippen molar-refractivity contribution >= 4 is 5.91 Å². The van der Waals surface area contributed by atoms with Crippen LogP contribution in [0.4, 0.5) is 0 Å². The van der Waals surface area contributed by atoms with E-state index in [-0.39, 0.29) is 5.41 Å². The van der Waals surface area contributed by atoms with Crippen molar-refractivity contribution in [3.63, 3.8) is 0 Å². The minimum atomic E-state index is -0.0923. The average Bonchev–Trinajstić information content (AvgIpc) is 2.93. The molecule has 110 valence electrons. The fourth-order valence-corrected chi connectivity index (χ4v) is 3.50. The summed E-state index contributed by atoms with van der Waals surface area (Å²) in [5.74, 6) is 0.301. The summed E-state index contributed by atoms with van der Waals surface area (Å²) in [5.41, 5.74) is -0.0923. The topological polar surface area (TPSA) is 44.4 Å². The zero-order valence-corrected chi connectivity index (χ0v) is 12.3. The van der Waals surface area contributed by atoms with Crippen LogP contribution in [0.1, 0.15) is 45.4 Å². The van der Waals surface area contributed by atoms with Crippen LogP contribution in [0.25, 0.3) is 0 Å². The molecule has 0 radical (unpaired) electrons. The number of hydrogen-bond acceptors (Lipinski definition) is 3. The van der Waals surface area contributed by atoms with Gasteiger partial charge >= 0.3 is 0 Å². The highest BCUT2D eigenvalue weighted by Crippen LogP contribution is 2.34. The Balaban J connectivity index is 1.78. The van der Waals surface area contributed by atoms with Gasteiger partial charge in [-0.15, -0.1) is 0 Å². The molecule has 2 saturated heterocycles. The molecule has 0 atom stereocenters. The van der Waals surface area contributed by atoms with Gasteiger partial charge in [-0.25, -0.2) is 0 Å². The number of piperidine rings is 1. The van der Waals surface area contributed by atoms with Crippen molar-refractivity contribution in [3.05, 3.63) is 0 Å². The van der Waals surface area contributed by atoms with E-state index in [9.17, 15) is 4.79 Å². The Hall–Kier alpha value is -0.610. The molecule has 0 aromatic heterocycles. The molecule has 0 bridgehead atoms. The van der Waals surface area contributed by atoms with Crippen LogP contribution in [-0.4, -0.2) is 50.1 Å². The SMILES string of the molecule is CCCC1(C(=O)NCCN2CCCC2)CCNCC1. The van der Waals surface area contributed by atoms with E-state index in [0.717, 1.165) is 51.9 Å². The number of nitrogens with one attached hydrogen (secondary N) is 2. The normalized spacial score (nSPS) is 23.4. The van der Waals surface area contributed by atoms with Gasteiger partial charge in [0, 0.05) is 13.1 Å². The van der Waals surface area contributed by atoms with Crippen LogP contribution in [0.2, 0.25) is 0 Å². The molecule has 2 aliphatic rings. The third kappa shape index (κ3) is 3.93. The van der Waals surface area contributed by atoms with Gasteiger partial charge in [0.1, 0.15) is 0 Å². The lowest BCUT2D eigenvalue weighted by atomic mass is 9.74. The van der Waals surface area contributed by atoms with Crippen LogP contribution >= 0.6 is 0 Å². The first kappa shape index (κ1) is 14.8. The highest BCUT2D eigenvalue weighted by atomic mass is 16.2. The number of amides is 1. The minimum absolute atomic E-state index is 0.0923. The molecule has 0 unspecified atom stereocenters. The molecule has 4 nitrogen and oxygen atoms in total. The third-order valence-electron chi connectivity index (χ3n) is 4.68. The highest BCUT2D eigenvalue weighted by molar-refractivity contribution is 5.82. The van der Waals surface area contributed by atoms with Crippen molar-refractivity contribution in [1.29, 1.82) is 0 Å². The molecule has 0 aromatic carbocycles. The zero-order valence-electron chi connectivity index (χ0n) is 12.3. The van der Waals surface area contributed by atoms with E-state index >= 15 is 0 Å². The van der Waals surface area contributed by atoms with Crippen LogP contribution in [-0.2, 0) is 4.79 Å². The maximum atomic E-state index is 12.5. The van der Waals surface area contributed by atoms with Gasteiger partial charge in [-0.05, 0) is 58.3 Å². The van der Waals surface area contributed by atoms with Crippen molar-refractivity contribution in [3.8, 4) is 0 Å². The quantitative estimate of drug-likeness (QED) is 0.764. The second-order valence-corrected chi connectivity index (χ2v) is 6.08. The van der Waals surface area contributed by atoms with E-state index < -0.39 is 0 Å². The van der Waals surface area contributed by atoms with Crippen molar-refractivity contribution in [2.45, 2.75) is 45.4 Å². The van der Waals surface area contributed by atoms with Crippen LogP contribution in [0.3, 0.4) is 0 Å². The first-order valence-electron chi connectivity index (χ1n) is 7.98. The first-order chi connectivity index (χ1) is 9.27. The predicted molar refractivity (Wildman–Crippen MR) is 78.1 cm³/mol. The summed E-state index contributed by atoms with van der Waals surface area (Å²) in [6, 6.07) is 0. The zero-order chi connectivity index (χ0) is 13.6. The maximum Gasteiger partial charge on any atom is 0.226 e. The summed E-state index contributed by atoms with van der Waals surface area (Å²) in [4.78, 5) is 15.0. The van der Waals surface area contributed by atoms with Gasteiger partial charge in [0.15, 0.2) is 0 Å². The average molecular weight is 267 g/mol. The van der Waals surface area contributed by atoms with Crippen molar-refractivity contribution < 1.29 is 4.79 Å². The standard InChI is InChI=1S/C15H29N3O/c1-2-5-15(6-8-16-9-7-15)14(19)17-10-13-18-11-3-4-12-18/h16H,2-13H2,1H3,(H,17,19). The molecule has 0 spiro atoms. The fraction of sp³-hybridized carbons (Fsp3) is 0.933. The van der Waals surface area contributed by atoms with Gasteiger partial charge in [-0.2, -0.15) is 0 Å². The summed E-state index contributed by atoms with van der Waals surface area (Å²) in [6.07, 6.45) is 6.76. The van der Waals surface area contributed by atoms with Crippen molar-refractivity contribution in [2.24, 2.45) is 5.41 Å². The molecule has 2 heterocycles. The van der Waals surface area contributed by atoms with E-state index in [1.54, 1.807) is 0 Å². The largest absolute Gasteiger partial charge is 0.354 e. The highest BCUT2D eigenvalue weighted by Gasteiger charge is 2.38. The van der Waals surface area contributed by atoms with Gasteiger partial charge in [-0.1, -0.05) is 13.3 Å². The van der Waals surface area contributed by atoms with Crippen LogP contribution in [0, 0.1) is 5.41 Å². The van der Waals surface area contributed by atoms with Crippen molar-refractivity contribution in [1.82, 2.24) is 15.5 Å². The molecule has 2 aliphatic heterocycles. The van der Waals surface area contributed by atoms with Gasteiger partial charge in [0.25, 0.3) is 0 Å². The molecule has 2 N–H and O–H groups in total. The van der Waals surface area contributed by atoms with E-state index in [2.05, 4.69) is 22.5 Å². The maximum absolute atomic E-state index is 12.5. The van der Waals surface area contributed by atoms with Gasteiger partial charge in [-0.3, -0.25) is 4.79 Å². The lowest BCUT2D eigenvalue weighted by molar-refractivity contribution is -0.133. The second kappa shape index (κ2) is 7.25. The molecular formula is C15H29N3O. The lowest BCUT2D eigenvalue weighted by Gasteiger charge is -2.36. The number of likely N-dealkylation sites (tertiary alicyclic amines) is 1. The molecule has 0 aromatic rings. The monoisotopic (exact) mass is 267 g/mol. The molecule has 0 aliphatic carbocycles. The Labute approximate surface area is 117 Å². The number of nitrogens with zero attached hydrogens (tertiary/aromatic N) is 1. The molecule has 2 rings (SSSR count). The first-order valence-corrected chi connectivity index (χ1v) is 7.98. The number of hydrogen-bond donors (Lipinski definition) is 2. The lowest BCUT2D eigenvalue weighted by Crippen LogP contribution is -2.48. The Morgan fingerprint density at radius 1 is 1.26 bits per heavy atom. The van der Waals surface area contributed by atoms with Crippen LogP contribution in [0.15, 0.2) is 0 Å². The summed E-state index contributed by atoms with van der Waals surface area (Å²) >= 11 is 0. The Morgan fingerprint density at radius 2 is 1.95 bits per heavy atom. The summed E-state index contributed by atoms with van der Waals surface area (Å²) < 4.78 is 0. The number of carbonyl (C=O) groups excluding carboxylic acids is 1. The smallest absolute Gasteiger partial charge is 0.226 e. The molecule has 4 heteroatoms. The van der Waals surface area contributed by atoms with E-state index in [1.807, 2.05) is 0 Å². The summed E-state index contributed by atoms with van der Waals surface area (Å²) in [6.45, 7) is 8.41. The number of rotatable bonds is 6. The number of carbonyl (C=O) groups is 1. The predicted octanol–water partition coefficient (Wildman–Crippen LogP) is 1.37. The van der Waals surface area contributed by atoms with E-state index in [0.29, 0.717) is 5.91 Å². The second-order valence-electron chi connectivity index (χ2n) is 6.08. The summed E-state index contributed by atoms with van der Waals surface area (Å²) in [5, 5.41) is 6.56. The van der Waals surface area contributed by atoms with Crippen LogP contribution in [0.5, 0.6) is 0 Å². The van der Waals surface area contributed by atoms with E-state index in [1.165, 1.54) is 25.9 Å². The Morgan fingerprint density at radius 3 is 2.58 bits per heavy atom. The molecule has 0 saturated carbocycles. The fourth-order valence-electron chi connectivity index (χ4n) is 3.50.